The zero-order valence-corrected chi connectivity index (χ0v) is 13.0. The molecule has 0 spiro atoms. The van der Waals surface area contributed by atoms with Gasteiger partial charge < -0.3 is 20.3 Å². The van der Waals surface area contributed by atoms with E-state index in [9.17, 15) is 24.6 Å². The van der Waals surface area contributed by atoms with Gasteiger partial charge >= 0.3 is 5.69 Å². The largest absolute Gasteiger partial charge is 0.387 e. The minimum atomic E-state index is -1.39. The lowest BCUT2D eigenvalue weighted by molar-refractivity contribution is -0.0387. The lowest BCUT2D eigenvalue weighted by atomic mass is 10.1. The molecule has 4 N–H and O–H groups in total. The number of hydrogen-bond acceptors (Lipinski definition) is 6. The third-order valence-corrected chi connectivity index (χ3v) is 3.96. The topological polar surface area (TPSA) is 134 Å². The summed E-state index contributed by atoms with van der Waals surface area (Å²) >= 11 is 0. The van der Waals surface area contributed by atoms with Gasteiger partial charge in [-0.15, -0.1) is 0 Å². The van der Waals surface area contributed by atoms with Crippen molar-refractivity contribution >= 4 is 5.91 Å². The molecule has 0 aliphatic carbocycles. The van der Waals surface area contributed by atoms with Crippen LogP contribution in [0.5, 0.6) is 0 Å². The molecular weight excluding hydrogens is 330 g/mol. The van der Waals surface area contributed by atoms with E-state index >= 15 is 0 Å². The molecule has 2 heterocycles. The number of rotatable bonds is 4. The number of H-pyrrole nitrogens is 1. The quantitative estimate of drug-likeness (QED) is 0.537. The molecule has 1 aromatic carbocycles. The highest BCUT2D eigenvalue weighted by Gasteiger charge is 2.44. The molecule has 0 saturated carbocycles. The van der Waals surface area contributed by atoms with Crippen molar-refractivity contribution in [1.29, 1.82) is 0 Å². The molecule has 2 aromatic rings. The third-order valence-electron chi connectivity index (χ3n) is 3.96. The van der Waals surface area contributed by atoms with Crippen LogP contribution in [0.2, 0.25) is 0 Å². The first kappa shape index (κ1) is 17.1. The van der Waals surface area contributed by atoms with Crippen LogP contribution in [0.4, 0.5) is 0 Å². The van der Waals surface area contributed by atoms with Gasteiger partial charge in [0.2, 0.25) is 0 Å². The minimum Gasteiger partial charge on any atom is -0.387 e. The molecule has 0 radical (unpaired) electrons. The number of benzene rings is 1. The summed E-state index contributed by atoms with van der Waals surface area (Å²) in [5, 5.41) is 22.8. The van der Waals surface area contributed by atoms with Crippen LogP contribution in [0.25, 0.3) is 0 Å². The number of carbonyl (C=O) groups is 1. The SMILES string of the molecule is O=C(NC[C@H]1O[C@@H](n2ccc(=O)[nH]c2=O)C(O)C1O)c1ccccc1. The number of nitrogens with one attached hydrogen (secondary N) is 2. The van der Waals surface area contributed by atoms with Crippen LogP contribution in [0.3, 0.4) is 0 Å². The van der Waals surface area contributed by atoms with Gasteiger partial charge in [0.15, 0.2) is 6.23 Å². The van der Waals surface area contributed by atoms with E-state index in [1.54, 1.807) is 30.3 Å². The Morgan fingerprint density at radius 1 is 1.16 bits per heavy atom. The van der Waals surface area contributed by atoms with Crippen LogP contribution in [0.15, 0.2) is 52.2 Å². The van der Waals surface area contributed by atoms with Gasteiger partial charge in [-0.3, -0.25) is 19.1 Å². The van der Waals surface area contributed by atoms with E-state index in [0.29, 0.717) is 5.56 Å². The fourth-order valence-electron chi connectivity index (χ4n) is 2.64. The van der Waals surface area contributed by atoms with Gasteiger partial charge in [0, 0.05) is 24.4 Å². The predicted molar refractivity (Wildman–Crippen MR) is 86.0 cm³/mol. The van der Waals surface area contributed by atoms with Crippen LogP contribution in [0, 0.1) is 0 Å². The Balaban J connectivity index is 1.69. The summed E-state index contributed by atoms with van der Waals surface area (Å²) in [4.78, 5) is 37.0. The van der Waals surface area contributed by atoms with Crippen molar-refractivity contribution in [3.8, 4) is 0 Å². The van der Waals surface area contributed by atoms with Crippen LogP contribution < -0.4 is 16.6 Å². The fourth-order valence-corrected chi connectivity index (χ4v) is 2.64. The molecule has 1 aliphatic heterocycles. The molecule has 25 heavy (non-hydrogen) atoms. The number of aliphatic hydroxyl groups excluding tert-OH is 2. The number of aromatic nitrogens is 2. The second-order valence-electron chi connectivity index (χ2n) is 5.64. The first-order chi connectivity index (χ1) is 12.0. The van der Waals surface area contributed by atoms with Crippen molar-refractivity contribution in [1.82, 2.24) is 14.9 Å². The molecule has 1 aromatic heterocycles. The minimum absolute atomic E-state index is 0.0550. The number of aliphatic hydroxyl groups is 2. The first-order valence-electron chi connectivity index (χ1n) is 7.63. The van der Waals surface area contributed by atoms with E-state index in [2.05, 4.69) is 5.32 Å². The van der Waals surface area contributed by atoms with E-state index in [4.69, 9.17) is 4.74 Å². The number of aromatic amines is 1. The lowest BCUT2D eigenvalue weighted by Crippen LogP contribution is -2.40. The van der Waals surface area contributed by atoms with E-state index in [-0.39, 0.29) is 12.5 Å². The summed E-state index contributed by atoms with van der Waals surface area (Å²) in [6.07, 6.45) is -3.60. The van der Waals surface area contributed by atoms with Gasteiger partial charge in [-0.1, -0.05) is 18.2 Å². The number of hydrogen-bond donors (Lipinski definition) is 4. The number of nitrogens with zero attached hydrogens (tertiary/aromatic N) is 1. The van der Waals surface area contributed by atoms with Gasteiger partial charge in [-0.25, -0.2) is 4.79 Å². The van der Waals surface area contributed by atoms with E-state index in [1.165, 1.54) is 6.20 Å². The summed E-state index contributed by atoms with van der Waals surface area (Å²) < 4.78 is 6.49. The molecule has 1 aliphatic rings. The van der Waals surface area contributed by atoms with Crippen molar-refractivity contribution in [2.45, 2.75) is 24.5 Å². The van der Waals surface area contributed by atoms with Gasteiger partial charge in [-0.2, -0.15) is 0 Å². The van der Waals surface area contributed by atoms with Crippen LogP contribution in [0.1, 0.15) is 16.6 Å². The van der Waals surface area contributed by atoms with E-state index in [0.717, 1.165) is 10.6 Å². The van der Waals surface area contributed by atoms with E-state index < -0.39 is 35.8 Å². The first-order valence-corrected chi connectivity index (χ1v) is 7.63. The molecule has 1 saturated heterocycles. The Hall–Kier alpha value is -2.75. The molecule has 2 unspecified atom stereocenters. The molecule has 0 bridgehead atoms. The number of ether oxygens (including phenoxy) is 1. The Kier molecular flexibility index (Phi) is 4.79. The van der Waals surface area contributed by atoms with Gasteiger partial charge in [0.25, 0.3) is 11.5 Å². The van der Waals surface area contributed by atoms with Crippen molar-refractivity contribution < 1.29 is 19.7 Å². The molecule has 1 fully saturated rings. The summed E-state index contributed by atoms with van der Waals surface area (Å²) in [5.41, 5.74) is -0.900. The highest BCUT2D eigenvalue weighted by molar-refractivity contribution is 5.94. The zero-order chi connectivity index (χ0) is 18.0. The van der Waals surface area contributed by atoms with Gasteiger partial charge in [-0.05, 0) is 12.1 Å². The average Bonchev–Trinajstić information content (AvgIpc) is 2.89. The average molecular weight is 347 g/mol. The maximum Gasteiger partial charge on any atom is 0.330 e. The fraction of sp³-hybridized carbons (Fsp3) is 0.312. The molecular formula is C16H17N3O6. The molecule has 3 rings (SSSR count). The molecule has 1 amide bonds. The van der Waals surface area contributed by atoms with Crippen LogP contribution >= 0.6 is 0 Å². The van der Waals surface area contributed by atoms with Crippen LogP contribution in [-0.4, -0.2) is 50.5 Å². The Bertz CT molecular complexity index is 862. The zero-order valence-electron chi connectivity index (χ0n) is 13.0. The second kappa shape index (κ2) is 7.01. The normalized spacial score (nSPS) is 25.7. The molecule has 4 atom stereocenters. The summed E-state index contributed by atoms with van der Waals surface area (Å²) in [6, 6.07) is 9.60. The Morgan fingerprint density at radius 2 is 1.88 bits per heavy atom. The van der Waals surface area contributed by atoms with Crippen LogP contribution in [-0.2, 0) is 4.74 Å². The number of amides is 1. The maximum atomic E-state index is 12.0. The van der Waals surface area contributed by atoms with Crippen molar-refractivity contribution in [2.75, 3.05) is 6.54 Å². The maximum absolute atomic E-state index is 12.0. The van der Waals surface area contributed by atoms with Gasteiger partial charge in [0.1, 0.15) is 18.3 Å². The summed E-state index contributed by atoms with van der Waals surface area (Å²) in [5.74, 6) is -0.351. The second-order valence-corrected chi connectivity index (χ2v) is 5.64. The monoisotopic (exact) mass is 347 g/mol. The standard InChI is InChI=1S/C16H17N3O6/c20-11-6-7-19(16(24)18-11)15-13(22)12(21)10(25-15)8-17-14(23)9-4-2-1-3-5-9/h1-7,10,12-13,15,21-22H,8H2,(H,17,23)(H,18,20,24)/t10-,12?,13?,15-/m1/s1. The highest BCUT2D eigenvalue weighted by atomic mass is 16.6. The predicted octanol–water partition coefficient (Wildman–Crippen LogP) is -1.41. The Morgan fingerprint density at radius 3 is 2.56 bits per heavy atom. The molecule has 9 heteroatoms. The summed E-state index contributed by atoms with van der Waals surface area (Å²) in [7, 11) is 0. The summed E-state index contributed by atoms with van der Waals surface area (Å²) in [6.45, 7) is -0.0550. The smallest absolute Gasteiger partial charge is 0.330 e. The molecule has 132 valence electrons. The van der Waals surface area contributed by atoms with Crippen molar-refractivity contribution in [3.05, 3.63) is 69.0 Å². The number of carbonyl (C=O) groups excluding carboxylic acids is 1. The Labute approximate surface area is 141 Å². The van der Waals surface area contributed by atoms with Crippen molar-refractivity contribution in [2.24, 2.45) is 0 Å². The van der Waals surface area contributed by atoms with E-state index in [1.807, 2.05) is 4.98 Å². The lowest BCUT2D eigenvalue weighted by Gasteiger charge is -2.16. The molecule has 9 nitrogen and oxygen atoms in total. The van der Waals surface area contributed by atoms with Gasteiger partial charge in [0.05, 0.1) is 0 Å². The highest BCUT2D eigenvalue weighted by Crippen LogP contribution is 2.27. The van der Waals surface area contributed by atoms with Crippen molar-refractivity contribution in [3.63, 3.8) is 0 Å². The third kappa shape index (κ3) is 3.53.